The van der Waals surface area contributed by atoms with Gasteiger partial charge < -0.3 is 5.11 Å². The summed E-state index contributed by atoms with van der Waals surface area (Å²) in [5, 5.41) is 10.0. The molecule has 1 rings (SSSR count). The van der Waals surface area contributed by atoms with Crippen molar-refractivity contribution in [3.05, 3.63) is 19.8 Å². The van der Waals surface area contributed by atoms with Gasteiger partial charge in [0.2, 0.25) is 0 Å². The van der Waals surface area contributed by atoms with Gasteiger partial charge in [-0.25, -0.2) is 0 Å². The lowest BCUT2D eigenvalue weighted by atomic mass is 10.1. The van der Waals surface area contributed by atoms with E-state index in [2.05, 4.69) is 22.9 Å². The van der Waals surface area contributed by atoms with E-state index in [-0.39, 0.29) is 6.10 Å². The maximum atomic E-state index is 10.0. The summed E-state index contributed by atoms with van der Waals surface area (Å²) in [5.74, 6) is 0. The summed E-state index contributed by atoms with van der Waals surface area (Å²) in [7, 11) is 0. The summed E-state index contributed by atoms with van der Waals surface area (Å²) in [5.41, 5.74) is 0. The van der Waals surface area contributed by atoms with Crippen LogP contribution in [0.15, 0.2) is 10.5 Å². The van der Waals surface area contributed by atoms with E-state index in [0.29, 0.717) is 0 Å². The lowest BCUT2D eigenvalue weighted by Gasteiger charge is -2.07. The van der Waals surface area contributed by atoms with Crippen LogP contribution in [0.1, 0.15) is 69.3 Å². The molecule has 1 aromatic heterocycles. The average molecular weight is 354 g/mol. The molecular formula is C14H22BrClOS. The van der Waals surface area contributed by atoms with Gasteiger partial charge in [-0.3, -0.25) is 0 Å². The van der Waals surface area contributed by atoms with Crippen LogP contribution in [0, 0.1) is 0 Å². The van der Waals surface area contributed by atoms with E-state index < -0.39 is 0 Å². The van der Waals surface area contributed by atoms with Gasteiger partial charge in [0.05, 0.1) is 6.10 Å². The largest absolute Gasteiger partial charge is 0.388 e. The lowest BCUT2D eigenvalue weighted by molar-refractivity contribution is 0.167. The lowest BCUT2D eigenvalue weighted by Crippen LogP contribution is -1.94. The van der Waals surface area contributed by atoms with Crippen LogP contribution in [0.4, 0.5) is 0 Å². The molecule has 18 heavy (non-hydrogen) atoms. The molecule has 1 heterocycles. The van der Waals surface area contributed by atoms with Gasteiger partial charge >= 0.3 is 0 Å². The van der Waals surface area contributed by atoms with Crippen molar-refractivity contribution in [3.63, 3.8) is 0 Å². The summed E-state index contributed by atoms with van der Waals surface area (Å²) in [6, 6.07) is 1.93. The molecule has 1 nitrogen and oxygen atoms in total. The van der Waals surface area contributed by atoms with Crippen LogP contribution in [0.2, 0.25) is 4.34 Å². The SMILES string of the molecule is CCCCCCCCCC(O)c1cc(Br)c(Cl)s1. The smallest absolute Gasteiger partial charge is 0.107 e. The highest BCUT2D eigenvalue weighted by Crippen LogP contribution is 2.36. The van der Waals surface area contributed by atoms with Crippen molar-refractivity contribution >= 4 is 38.9 Å². The van der Waals surface area contributed by atoms with Crippen molar-refractivity contribution in [1.29, 1.82) is 0 Å². The molecule has 1 atom stereocenters. The predicted molar refractivity (Wildman–Crippen MR) is 84.6 cm³/mol. The van der Waals surface area contributed by atoms with Crippen molar-refractivity contribution in [2.45, 2.75) is 64.4 Å². The van der Waals surface area contributed by atoms with E-state index in [1.165, 1.54) is 49.9 Å². The van der Waals surface area contributed by atoms with Crippen LogP contribution >= 0.6 is 38.9 Å². The first-order chi connectivity index (χ1) is 8.65. The molecule has 0 aliphatic heterocycles. The van der Waals surface area contributed by atoms with Gasteiger partial charge in [-0.1, -0.05) is 63.5 Å². The molecule has 1 unspecified atom stereocenters. The number of hydrogen-bond donors (Lipinski definition) is 1. The maximum Gasteiger partial charge on any atom is 0.107 e. The minimum Gasteiger partial charge on any atom is -0.388 e. The molecule has 0 bridgehead atoms. The predicted octanol–water partition coefficient (Wildman–Crippen LogP) is 6.34. The zero-order valence-corrected chi connectivity index (χ0v) is 14.1. The number of hydrogen-bond acceptors (Lipinski definition) is 2. The fourth-order valence-electron chi connectivity index (χ4n) is 1.96. The molecular weight excluding hydrogens is 332 g/mol. The van der Waals surface area contributed by atoms with Crippen molar-refractivity contribution in [1.82, 2.24) is 0 Å². The molecule has 0 aliphatic rings. The van der Waals surface area contributed by atoms with Gasteiger partial charge in [0.25, 0.3) is 0 Å². The molecule has 104 valence electrons. The summed E-state index contributed by atoms with van der Waals surface area (Å²) >= 11 is 10.8. The van der Waals surface area contributed by atoms with Crippen LogP contribution in [0.5, 0.6) is 0 Å². The van der Waals surface area contributed by atoms with Crippen molar-refractivity contribution in [2.24, 2.45) is 0 Å². The van der Waals surface area contributed by atoms with E-state index in [9.17, 15) is 5.11 Å². The molecule has 1 aromatic rings. The van der Waals surface area contributed by atoms with Crippen LogP contribution < -0.4 is 0 Å². The van der Waals surface area contributed by atoms with Gasteiger partial charge in [0.15, 0.2) is 0 Å². The number of halogens is 2. The van der Waals surface area contributed by atoms with Crippen LogP contribution in [0.25, 0.3) is 0 Å². The maximum absolute atomic E-state index is 10.0. The summed E-state index contributed by atoms with van der Waals surface area (Å²) in [6.45, 7) is 2.24. The number of aliphatic hydroxyl groups excluding tert-OH is 1. The fraction of sp³-hybridized carbons (Fsp3) is 0.714. The second-order valence-electron chi connectivity index (χ2n) is 4.70. The molecule has 0 saturated carbocycles. The molecule has 0 amide bonds. The molecule has 0 radical (unpaired) electrons. The normalized spacial score (nSPS) is 12.9. The van der Waals surface area contributed by atoms with Gasteiger partial charge in [0, 0.05) is 9.35 Å². The highest BCUT2D eigenvalue weighted by Gasteiger charge is 2.12. The third kappa shape index (κ3) is 6.05. The topological polar surface area (TPSA) is 20.2 Å². The Labute approximate surface area is 128 Å². The summed E-state index contributed by atoms with van der Waals surface area (Å²) in [6.07, 6.45) is 9.44. The third-order valence-electron chi connectivity index (χ3n) is 3.07. The number of aliphatic hydroxyl groups is 1. The van der Waals surface area contributed by atoms with Gasteiger partial charge in [-0.15, -0.1) is 11.3 Å². The van der Waals surface area contributed by atoms with E-state index >= 15 is 0 Å². The highest BCUT2D eigenvalue weighted by atomic mass is 79.9. The summed E-state index contributed by atoms with van der Waals surface area (Å²) < 4.78 is 1.62. The molecule has 4 heteroatoms. The quantitative estimate of drug-likeness (QED) is 0.514. The minimum atomic E-state index is -0.352. The first-order valence-corrected chi connectivity index (χ1v) is 8.76. The van der Waals surface area contributed by atoms with Crippen LogP contribution in [-0.4, -0.2) is 5.11 Å². The Kier molecular flexibility index (Phi) is 8.56. The fourth-order valence-corrected chi connectivity index (χ4v) is 3.72. The van der Waals surface area contributed by atoms with E-state index in [1.54, 1.807) is 0 Å². The number of thiophene rings is 1. The van der Waals surface area contributed by atoms with Gasteiger partial charge in [-0.2, -0.15) is 0 Å². The Morgan fingerprint density at radius 2 is 1.83 bits per heavy atom. The number of unbranched alkanes of at least 4 members (excludes halogenated alkanes) is 6. The van der Waals surface area contributed by atoms with E-state index in [1.807, 2.05) is 6.07 Å². The second-order valence-corrected chi connectivity index (χ2v) is 7.24. The average Bonchev–Trinajstić information content (AvgIpc) is 2.68. The second kappa shape index (κ2) is 9.35. The Morgan fingerprint density at radius 1 is 1.22 bits per heavy atom. The molecule has 0 aliphatic carbocycles. The zero-order valence-electron chi connectivity index (χ0n) is 10.9. The van der Waals surface area contributed by atoms with Gasteiger partial charge in [-0.05, 0) is 28.4 Å². The Balaban J connectivity index is 2.12. The minimum absolute atomic E-state index is 0.352. The number of rotatable bonds is 9. The van der Waals surface area contributed by atoms with Crippen molar-refractivity contribution in [2.75, 3.05) is 0 Å². The summed E-state index contributed by atoms with van der Waals surface area (Å²) in [4.78, 5) is 0.970. The van der Waals surface area contributed by atoms with E-state index in [0.717, 1.165) is 26.5 Å². The third-order valence-corrected chi connectivity index (χ3v) is 5.65. The van der Waals surface area contributed by atoms with E-state index in [4.69, 9.17) is 11.6 Å². The molecule has 1 N–H and O–H groups in total. The molecule has 0 fully saturated rings. The van der Waals surface area contributed by atoms with Crippen LogP contribution in [0.3, 0.4) is 0 Å². The van der Waals surface area contributed by atoms with Crippen molar-refractivity contribution < 1.29 is 5.11 Å². The monoisotopic (exact) mass is 352 g/mol. The Hall–Kier alpha value is 0.430. The molecule has 0 spiro atoms. The standard InChI is InChI=1S/C14H22BrClOS/c1-2-3-4-5-6-7-8-9-12(17)13-10-11(15)14(16)18-13/h10,12,17H,2-9H2,1H3. The molecule has 0 aromatic carbocycles. The molecule has 0 saturated heterocycles. The van der Waals surface area contributed by atoms with Gasteiger partial charge in [0.1, 0.15) is 4.34 Å². The zero-order chi connectivity index (χ0) is 13.4. The highest BCUT2D eigenvalue weighted by molar-refractivity contribution is 9.10. The Bertz CT molecular complexity index is 321. The van der Waals surface area contributed by atoms with Crippen molar-refractivity contribution in [3.8, 4) is 0 Å². The Morgan fingerprint density at radius 3 is 2.39 bits per heavy atom. The van der Waals surface area contributed by atoms with Crippen LogP contribution in [-0.2, 0) is 0 Å². The first kappa shape index (κ1) is 16.5. The first-order valence-electron chi connectivity index (χ1n) is 6.78.